The van der Waals surface area contributed by atoms with Crippen LogP contribution in [0.2, 0.25) is 0 Å². The van der Waals surface area contributed by atoms with Gasteiger partial charge in [-0.05, 0) is 31.0 Å². The molecule has 20 heavy (non-hydrogen) atoms. The van der Waals surface area contributed by atoms with Gasteiger partial charge >= 0.3 is 0 Å². The molecular formula is C15H20FN3O. The van der Waals surface area contributed by atoms with Crippen molar-refractivity contribution < 1.29 is 9.50 Å². The number of benzene rings is 1. The summed E-state index contributed by atoms with van der Waals surface area (Å²) in [6.07, 6.45) is 3.62. The van der Waals surface area contributed by atoms with Crippen LogP contribution in [0.25, 0.3) is 0 Å². The monoisotopic (exact) mass is 277 g/mol. The van der Waals surface area contributed by atoms with Crippen LogP contribution < -0.4 is 5.32 Å². The maximum absolute atomic E-state index is 12.8. The maximum atomic E-state index is 12.8. The van der Waals surface area contributed by atoms with Crippen LogP contribution in [0.5, 0.6) is 0 Å². The lowest BCUT2D eigenvalue weighted by Crippen LogP contribution is -2.28. The molecule has 0 unspecified atom stereocenters. The molecule has 0 fully saturated rings. The van der Waals surface area contributed by atoms with Gasteiger partial charge in [-0.1, -0.05) is 12.1 Å². The van der Waals surface area contributed by atoms with Gasteiger partial charge in [0.15, 0.2) is 0 Å². The van der Waals surface area contributed by atoms with E-state index < -0.39 is 6.10 Å². The number of aliphatic hydroxyl groups excluding tert-OH is 1. The molecule has 0 spiro atoms. The summed E-state index contributed by atoms with van der Waals surface area (Å²) in [6.45, 7) is 2.66. The van der Waals surface area contributed by atoms with Gasteiger partial charge in [-0.2, -0.15) is 0 Å². The second-order valence-corrected chi connectivity index (χ2v) is 5.04. The fraction of sp³-hybridized carbons (Fsp3) is 0.400. The first kappa shape index (κ1) is 14.7. The van der Waals surface area contributed by atoms with Gasteiger partial charge < -0.3 is 15.0 Å². The topological polar surface area (TPSA) is 50.1 Å². The summed E-state index contributed by atoms with van der Waals surface area (Å²) >= 11 is 0. The van der Waals surface area contributed by atoms with E-state index >= 15 is 0 Å². The van der Waals surface area contributed by atoms with Gasteiger partial charge in [0.25, 0.3) is 0 Å². The van der Waals surface area contributed by atoms with Crippen molar-refractivity contribution in [1.29, 1.82) is 0 Å². The average Bonchev–Trinajstić information content (AvgIpc) is 2.82. The Hall–Kier alpha value is -1.72. The lowest BCUT2D eigenvalue weighted by atomic mass is 10.0. The number of hydrogen-bond donors (Lipinski definition) is 2. The standard InChI is InChI=1S/C15H20FN3O/c1-11(18-10-15-17-7-8-19(15)2)9-14(20)12-3-5-13(16)6-4-12/h3-8,11,14,18,20H,9-10H2,1-2H3/t11-,14-/m1/s1. The highest BCUT2D eigenvalue weighted by molar-refractivity contribution is 5.18. The summed E-state index contributed by atoms with van der Waals surface area (Å²) < 4.78 is 14.8. The molecule has 0 radical (unpaired) electrons. The summed E-state index contributed by atoms with van der Waals surface area (Å²) in [4.78, 5) is 4.23. The Labute approximate surface area is 118 Å². The average molecular weight is 277 g/mol. The van der Waals surface area contributed by atoms with E-state index in [4.69, 9.17) is 0 Å². The summed E-state index contributed by atoms with van der Waals surface area (Å²) in [5.41, 5.74) is 0.733. The van der Waals surface area contributed by atoms with Crippen LogP contribution in [-0.2, 0) is 13.6 Å². The Morgan fingerprint density at radius 1 is 1.35 bits per heavy atom. The highest BCUT2D eigenvalue weighted by Gasteiger charge is 2.12. The molecule has 2 rings (SSSR count). The van der Waals surface area contributed by atoms with E-state index in [1.807, 2.05) is 24.7 Å². The Morgan fingerprint density at radius 2 is 2.05 bits per heavy atom. The minimum atomic E-state index is -0.598. The molecular weight excluding hydrogens is 257 g/mol. The number of aryl methyl sites for hydroxylation is 1. The normalized spacial score (nSPS) is 14.2. The van der Waals surface area contributed by atoms with E-state index in [1.165, 1.54) is 12.1 Å². The van der Waals surface area contributed by atoms with Crippen molar-refractivity contribution in [3.8, 4) is 0 Å². The molecule has 0 saturated heterocycles. The maximum Gasteiger partial charge on any atom is 0.123 e. The predicted octanol–water partition coefficient (Wildman–Crippen LogP) is 2.16. The second kappa shape index (κ2) is 6.63. The highest BCUT2D eigenvalue weighted by Crippen LogP contribution is 2.18. The van der Waals surface area contributed by atoms with Crippen molar-refractivity contribution in [3.63, 3.8) is 0 Å². The van der Waals surface area contributed by atoms with Gasteiger partial charge in [-0.25, -0.2) is 9.37 Å². The van der Waals surface area contributed by atoms with Gasteiger partial charge in [0.1, 0.15) is 11.6 Å². The number of halogens is 1. The zero-order valence-electron chi connectivity index (χ0n) is 11.8. The van der Waals surface area contributed by atoms with Crippen LogP contribution in [0, 0.1) is 5.82 Å². The first-order chi connectivity index (χ1) is 9.56. The number of hydrogen-bond acceptors (Lipinski definition) is 3. The minimum absolute atomic E-state index is 0.131. The Bertz CT molecular complexity index is 538. The Morgan fingerprint density at radius 3 is 2.65 bits per heavy atom. The van der Waals surface area contributed by atoms with Crippen molar-refractivity contribution in [1.82, 2.24) is 14.9 Å². The van der Waals surface area contributed by atoms with Crippen molar-refractivity contribution in [2.45, 2.75) is 32.0 Å². The van der Waals surface area contributed by atoms with Crippen LogP contribution >= 0.6 is 0 Å². The number of nitrogens with zero attached hydrogens (tertiary/aromatic N) is 2. The van der Waals surface area contributed by atoms with E-state index in [0.717, 1.165) is 11.4 Å². The third-order valence-electron chi connectivity index (χ3n) is 3.36. The van der Waals surface area contributed by atoms with Crippen LogP contribution in [0.3, 0.4) is 0 Å². The molecule has 0 bridgehead atoms. The van der Waals surface area contributed by atoms with Crippen molar-refractivity contribution in [3.05, 3.63) is 53.9 Å². The molecule has 0 saturated carbocycles. The molecule has 5 heteroatoms. The zero-order valence-corrected chi connectivity index (χ0v) is 11.8. The molecule has 2 aromatic rings. The van der Waals surface area contributed by atoms with Crippen LogP contribution in [0.15, 0.2) is 36.7 Å². The van der Waals surface area contributed by atoms with E-state index in [2.05, 4.69) is 10.3 Å². The van der Waals surface area contributed by atoms with Crippen LogP contribution in [-0.4, -0.2) is 20.7 Å². The van der Waals surface area contributed by atoms with Crippen LogP contribution in [0.1, 0.15) is 30.8 Å². The van der Waals surface area contributed by atoms with E-state index in [9.17, 15) is 9.50 Å². The highest BCUT2D eigenvalue weighted by atomic mass is 19.1. The molecule has 108 valence electrons. The second-order valence-electron chi connectivity index (χ2n) is 5.04. The number of rotatable bonds is 6. The molecule has 0 aliphatic carbocycles. The number of nitrogens with one attached hydrogen (secondary N) is 1. The molecule has 1 heterocycles. The SMILES string of the molecule is C[C@H](C[C@@H](O)c1ccc(F)cc1)NCc1nccn1C. The number of aromatic nitrogens is 2. The third kappa shape index (κ3) is 3.88. The van der Waals surface area contributed by atoms with E-state index in [-0.39, 0.29) is 11.9 Å². The lowest BCUT2D eigenvalue weighted by molar-refractivity contribution is 0.153. The fourth-order valence-electron chi connectivity index (χ4n) is 2.07. The van der Waals surface area contributed by atoms with E-state index in [0.29, 0.717) is 13.0 Å². The molecule has 1 aromatic heterocycles. The largest absolute Gasteiger partial charge is 0.388 e. The Balaban J connectivity index is 1.83. The molecule has 0 aliphatic heterocycles. The van der Waals surface area contributed by atoms with Gasteiger partial charge in [-0.3, -0.25) is 0 Å². The summed E-state index contributed by atoms with van der Waals surface area (Å²) in [6, 6.07) is 6.10. The van der Waals surface area contributed by atoms with Crippen LogP contribution in [0.4, 0.5) is 4.39 Å². The molecule has 2 atom stereocenters. The van der Waals surface area contributed by atoms with Gasteiger partial charge in [0.2, 0.25) is 0 Å². The predicted molar refractivity (Wildman–Crippen MR) is 75.5 cm³/mol. The molecule has 0 aliphatic rings. The summed E-state index contributed by atoms with van der Waals surface area (Å²) in [5.74, 6) is 0.662. The smallest absolute Gasteiger partial charge is 0.123 e. The molecule has 0 amide bonds. The first-order valence-electron chi connectivity index (χ1n) is 6.69. The van der Waals surface area contributed by atoms with Gasteiger partial charge in [-0.15, -0.1) is 0 Å². The van der Waals surface area contributed by atoms with Gasteiger partial charge in [0.05, 0.1) is 12.6 Å². The van der Waals surface area contributed by atoms with Crippen molar-refractivity contribution in [2.75, 3.05) is 0 Å². The minimum Gasteiger partial charge on any atom is -0.388 e. The van der Waals surface area contributed by atoms with Crippen molar-refractivity contribution in [2.24, 2.45) is 7.05 Å². The zero-order chi connectivity index (χ0) is 14.5. The molecule has 2 N–H and O–H groups in total. The van der Waals surface area contributed by atoms with Crippen molar-refractivity contribution >= 4 is 0 Å². The van der Waals surface area contributed by atoms with E-state index in [1.54, 1.807) is 18.3 Å². The lowest BCUT2D eigenvalue weighted by Gasteiger charge is -2.18. The third-order valence-corrected chi connectivity index (χ3v) is 3.36. The fourth-order valence-corrected chi connectivity index (χ4v) is 2.07. The molecule has 1 aromatic carbocycles. The summed E-state index contributed by atoms with van der Waals surface area (Å²) in [7, 11) is 1.95. The summed E-state index contributed by atoms with van der Waals surface area (Å²) in [5, 5.41) is 13.4. The number of aliphatic hydroxyl groups is 1. The Kier molecular flexibility index (Phi) is 4.87. The molecule has 4 nitrogen and oxygen atoms in total. The quantitative estimate of drug-likeness (QED) is 0.850. The van der Waals surface area contributed by atoms with Gasteiger partial charge in [0, 0.05) is 25.5 Å². The first-order valence-corrected chi connectivity index (χ1v) is 6.69. The number of imidazole rings is 1.